The second-order valence-corrected chi connectivity index (χ2v) is 13.6. The molecule has 0 atom stereocenters. The molecule has 0 N–H and O–H groups in total. The third-order valence-corrected chi connectivity index (χ3v) is 10.3. The largest absolute Gasteiger partial charge is 0.235 e. The molecule has 1 aliphatic heterocycles. The van der Waals surface area contributed by atoms with Crippen molar-refractivity contribution in [3.05, 3.63) is 0 Å². The molecule has 2 spiro atoms. The minimum absolute atomic E-state index is 0.0130. The molecule has 164 valence electrons. The fourth-order valence-corrected chi connectivity index (χ4v) is 6.10. The molecule has 2 saturated carbocycles. The Labute approximate surface area is 172 Å². The monoisotopic (exact) mass is 396 g/mol. The van der Waals surface area contributed by atoms with Gasteiger partial charge in [-0.25, -0.2) is 0 Å². The summed E-state index contributed by atoms with van der Waals surface area (Å²) in [4.78, 5) is 24.7. The van der Waals surface area contributed by atoms with Crippen LogP contribution in [0.15, 0.2) is 0 Å². The summed E-state index contributed by atoms with van der Waals surface area (Å²) in [7, 11) is 0. The van der Waals surface area contributed by atoms with Crippen molar-refractivity contribution in [1.82, 2.24) is 0 Å². The van der Waals surface area contributed by atoms with E-state index in [0.717, 1.165) is 25.7 Å². The standard InChI is InChI=1S/C24H44O4/c1-17(2)13-23(14-18(3,4)21(17,9)10)25-27-24(28-26-23)15-19(5,6)22(11,12)20(7,8)16-24/h13-16H2,1-12H3. The van der Waals surface area contributed by atoms with E-state index in [-0.39, 0.29) is 32.5 Å². The highest BCUT2D eigenvalue weighted by molar-refractivity contribution is 5.07. The molecular weight excluding hydrogens is 352 g/mol. The van der Waals surface area contributed by atoms with Crippen LogP contribution in [0.3, 0.4) is 0 Å². The van der Waals surface area contributed by atoms with Crippen molar-refractivity contribution < 1.29 is 19.6 Å². The second kappa shape index (κ2) is 5.75. The summed E-state index contributed by atoms with van der Waals surface area (Å²) < 4.78 is 0. The van der Waals surface area contributed by atoms with Gasteiger partial charge in [0.1, 0.15) is 0 Å². The fraction of sp³-hybridized carbons (Fsp3) is 1.00. The van der Waals surface area contributed by atoms with E-state index in [0.29, 0.717) is 0 Å². The third kappa shape index (κ3) is 2.92. The maximum atomic E-state index is 6.17. The Morgan fingerprint density at radius 3 is 0.714 bits per heavy atom. The maximum absolute atomic E-state index is 6.17. The van der Waals surface area contributed by atoms with Gasteiger partial charge < -0.3 is 0 Å². The molecule has 3 rings (SSSR count). The zero-order valence-electron chi connectivity index (χ0n) is 20.5. The highest BCUT2D eigenvalue weighted by atomic mass is 17.4. The summed E-state index contributed by atoms with van der Waals surface area (Å²) in [6, 6.07) is 0. The lowest BCUT2D eigenvalue weighted by molar-refractivity contribution is -0.674. The van der Waals surface area contributed by atoms with Gasteiger partial charge in [0.2, 0.25) is 11.6 Å². The molecule has 4 heteroatoms. The SMILES string of the molecule is CC1(C)CC2(CC(C)(C)C1(C)C)OOC1(CC(C)(C)C(C)(C)C(C)(C)C1)OO2. The van der Waals surface area contributed by atoms with Gasteiger partial charge >= 0.3 is 0 Å². The molecule has 0 aromatic rings. The van der Waals surface area contributed by atoms with Gasteiger partial charge in [0.15, 0.2) is 0 Å². The van der Waals surface area contributed by atoms with Gasteiger partial charge in [0.25, 0.3) is 0 Å². The first-order valence-corrected chi connectivity index (χ1v) is 11.0. The summed E-state index contributed by atoms with van der Waals surface area (Å²) in [6.45, 7) is 27.7. The molecule has 28 heavy (non-hydrogen) atoms. The van der Waals surface area contributed by atoms with Crippen molar-refractivity contribution in [1.29, 1.82) is 0 Å². The smallest absolute Gasteiger partial charge is 0.195 e. The van der Waals surface area contributed by atoms with E-state index in [1.54, 1.807) is 0 Å². The zero-order chi connectivity index (χ0) is 21.7. The topological polar surface area (TPSA) is 36.9 Å². The lowest BCUT2D eigenvalue weighted by Crippen LogP contribution is -2.65. The Hall–Kier alpha value is -0.160. The number of rotatable bonds is 0. The van der Waals surface area contributed by atoms with E-state index in [1.165, 1.54) is 0 Å². The van der Waals surface area contributed by atoms with Gasteiger partial charge in [-0.05, 0) is 32.5 Å². The summed E-state index contributed by atoms with van der Waals surface area (Å²) in [5.41, 5.74) is 0.314. The first-order valence-electron chi connectivity index (χ1n) is 11.0. The Balaban J connectivity index is 1.85. The fourth-order valence-electron chi connectivity index (χ4n) is 6.10. The highest BCUT2D eigenvalue weighted by Gasteiger charge is 2.66. The number of hydrogen-bond donors (Lipinski definition) is 0. The summed E-state index contributed by atoms with van der Waals surface area (Å²) in [5.74, 6) is -1.70. The molecule has 0 amide bonds. The van der Waals surface area contributed by atoms with Crippen LogP contribution >= 0.6 is 0 Å². The normalized spacial score (nSPS) is 35.6. The molecule has 1 saturated heterocycles. The third-order valence-electron chi connectivity index (χ3n) is 10.3. The van der Waals surface area contributed by atoms with Crippen LogP contribution in [-0.2, 0) is 19.6 Å². The van der Waals surface area contributed by atoms with Gasteiger partial charge in [-0.2, -0.15) is 19.6 Å². The van der Waals surface area contributed by atoms with Crippen LogP contribution < -0.4 is 0 Å². The van der Waals surface area contributed by atoms with Gasteiger partial charge in [0.05, 0.1) is 0 Å². The molecule has 3 aliphatic rings. The molecular formula is C24H44O4. The van der Waals surface area contributed by atoms with Gasteiger partial charge in [-0.1, -0.05) is 83.1 Å². The van der Waals surface area contributed by atoms with Crippen molar-refractivity contribution in [2.75, 3.05) is 0 Å². The molecule has 0 unspecified atom stereocenters. The van der Waals surface area contributed by atoms with E-state index in [1.807, 2.05) is 0 Å². The minimum atomic E-state index is -0.852. The Bertz CT molecular complexity index is 531. The molecule has 1 heterocycles. The van der Waals surface area contributed by atoms with Crippen LogP contribution in [-0.4, -0.2) is 11.6 Å². The average molecular weight is 397 g/mol. The van der Waals surface area contributed by atoms with E-state index in [4.69, 9.17) is 19.6 Å². The van der Waals surface area contributed by atoms with Crippen LogP contribution in [0.25, 0.3) is 0 Å². The molecule has 3 fully saturated rings. The summed E-state index contributed by atoms with van der Waals surface area (Å²) in [6.07, 6.45) is 2.96. The molecule has 0 radical (unpaired) electrons. The van der Waals surface area contributed by atoms with Crippen LogP contribution in [0.4, 0.5) is 0 Å². The minimum Gasteiger partial charge on any atom is -0.195 e. The van der Waals surface area contributed by atoms with Crippen molar-refractivity contribution in [3.8, 4) is 0 Å². The Kier molecular flexibility index (Phi) is 4.62. The van der Waals surface area contributed by atoms with Crippen molar-refractivity contribution in [2.45, 2.75) is 120 Å². The first-order chi connectivity index (χ1) is 12.2. The molecule has 0 aromatic heterocycles. The molecule has 0 bridgehead atoms. The lowest BCUT2D eigenvalue weighted by atomic mass is 9.47. The van der Waals surface area contributed by atoms with E-state index in [2.05, 4.69) is 83.1 Å². The van der Waals surface area contributed by atoms with Crippen molar-refractivity contribution >= 4 is 0 Å². The zero-order valence-corrected chi connectivity index (χ0v) is 20.5. The van der Waals surface area contributed by atoms with Crippen LogP contribution in [0.5, 0.6) is 0 Å². The summed E-state index contributed by atoms with van der Waals surface area (Å²) in [5, 5.41) is 0. The van der Waals surface area contributed by atoms with Crippen LogP contribution in [0, 0.1) is 32.5 Å². The maximum Gasteiger partial charge on any atom is 0.235 e. The summed E-state index contributed by atoms with van der Waals surface area (Å²) >= 11 is 0. The Morgan fingerprint density at radius 1 is 0.357 bits per heavy atom. The van der Waals surface area contributed by atoms with E-state index >= 15 is 0 Å². The second-order valence-electron chi connectivity index (χ2n) is 13.6. The van der Waals surface area contributed by atoms with Gasteiger partial charge in [-0.3, -0.25) is 0 Å². The van der Waals surface area contributed by atoms with E-state index < -0.39 is 11.6 Å². The van der Waals surface area contributed by atoms with Gasteiger partial charge in [0, 0.05) is 25.7 Å². The Morgan fingerprint density at radius 2 is 0.536 bits per heavy atom. The predicted octanol–water partition coefficient (Wildman–Crippen LogP) is 7.03. The highest BCUT2D eigenvalue weighted by Crippen LogP contribution is 2.67. The van der Waals surface area contributed by atoms with Crippen LogP contribution in [0.2, 0.25) is 0 Å². The quantitative estimate of drug-likeness (QED) is 0.412. The molecule has 0 aromatic carbocycles. The van der Waals surface area contributed by atoms with Crippen molar-refractivity contribution in [3.63, 3.8) is 0 Å². The van der Waals surface area contributed by atoms with Crippen molar-refractivity contribution in [2.24, 2.45) is 32.5 Å². The first kappa shape index (κ1) is 22.5. The molecule has 2 aliphatic carbocycles. The predicted molar refractivity (Wildman–Crippen MR) is 111 cm³/mol. The lowest BCUT2D eigenvalue weighted by Gasteiger charge is -2.64. The van der Waals surface area contributed by atoms with E-state index in [9.17, 15) is 0 Å². The number of hydrogen-bond acceptors (Lipinski definition) is 4. The average Bonchev–Trinajstić information content (AvgIpc) is 2.46. The van der Waals surface area contributed by atoms with Crippen LogP contribution in [0.1, 0.15) is 109 Å². The van der Waals surface area contributed by atoms with Gasteiger partial charge in [-0.15, -0.1) is 0 Å². The molecule has 4 nitrogen and oxygen atoms in total.